The van der Waals surface area contributed by atoms with Crippen molar-refractivity contribution in [3.05, 3.63) is 0 Å². The Morgan fingerprint density at radius 1 is 0.534 bits per heavy atom. The molecule has 73 heavy (non-hydrogen) atoms. The Hall–Kier alpha value is -4.37. The van der Waals surface area contributed by atoms with Crippen LogP contribution in [0, 0.1) is 5.92 Å². The van der Waals surface area contributed by atoms with Crippen molar-refractivity contribution in [2.24, 2.45) is 17.4 Å². The van der Waals surface area contributed by atoms with Crippen LogP contribution in [0.5, 0.6) is 0 Å². The van der Waals surface area contributed by atoms with Crippen LogP contribution in [-0.4, -0.2) is 191 Å². The number of carbonyl (C=O) groups excluding carboxylic acids is 6. The van der Waals surface area contributed by atoms with Gasteiger partial charge in [-0.2, -0.15) is 40.4 Å². The Balaban J connectivity index is 0.000000161. The minimum atomic E-state index is -4.81. The Morgan fingerprint density at radius 3 is 1.23 bits per heavy atom. The second-order valence-electron chi connectivity index (χ2n) is 19.3. The molecule has 12 atom stereocenters. The Kier molecular flexibility index (Phi) is 18.0. The largest absolute Gasteiger partial charge is 0.418 e. The van der Waals surface area contributed by atoms with Gasteiger partial charge in [-0.3, -0.25) is 42.6 Å². The molecule has 3 saturated carbocycles. The average Bonchev–Trinajstić information content (AvgIpc) is 3.87. The lowest BCUT2D eigenvalue weighted by atomic mass is 9.86. The molecule has 35 heteroatoms. The monoisotopic (exact) mass is 1110 g/mol. The standard InChI is InChI=1S/C15H25N3O7S.C13H22N4O7S.C10H16N4O7S/c1-2-10-4-3-5-12(8-10)24-16-14(19)13-7-6-11-9-17(13)15(20)18(11)25-26(21,22)23;14-8-2-1-3-10(6-8)23-15-12(18)11-5-4-9-7-16(11)13(19)17(9)24-25(20,21)22;11-6-3-8(6)20-12-9(15)7-2-1-5-4-13(7)10(16)14(5)21-22(17,18)19/h10-13H,2-9H2,1H3,(H,16,19)(H,21,22,23);8-11H,1-7,14H2,(H,15,18)(H,20,21,22);5-8H,1-4,11H2,(H,12,15)(H,17,18,19)/t10?,11-,12?,13+;8?,9-,10?,11+;5-,6?,7+,8?/m111/s1. The summed E-state index contributed by atoms with van der Waals surface area (Å²) < 4.78 is 104. The highest BCUT2D eigenvalue weighted by Gasteiger charge is 2.52. The zero-order valence-electron chi connectivity index (χ0n) is 39.6. The van der Waals surface area contributed by atoms with E-state index in [4.69, 9.17) is 39.6 Å². The summed E-state index contributed by atoms with van der Waals surface area (Å²) >= 11 is 0. The molecule has 0 spiro atoms. The van der Waals surface area contributed by atoms with Crippen LogP contribution in [0.1, 0.15) is 110 Å². The summed E-state index contributed by atoms with van der Waals surface area (Å²) in [5, 5.41) is 1.81. The van der Waals surface area contributed by atoms with Crippen molar-refractivity contribution in [3.8, 4) is 0 Å². The van der Waals surface area contributed by atoms with E-state index in [-0.39, 0.29) is 50.0 Å². The fourth-order valence-electron chi connectivity index (χ4n) is 10.3. The number of carbonyl (C=O) groups is 6. The highest BCUT2D eigenvalue weighted by molar-refractivity contribution is 7.81. The highest BCUT2D eigenvalue weighted by Crippen LogP contribution is 2.34. The molecule has 9 fully saturated rings. The van der Waals surface area contributed by atoms with Crippen LogP contribution in [0.15, 0.2) is 0 Å². The van der Waals surface area contributed by atoms with Crippen molar-refractivity contribution in [2.75, 3.05) is 19.6 Å². The van der Waals surface area contributed by atoms with E-state index in [2.05, 4.69) is 36.2 Å². The number of nitrogens with zero attached hydrogens (tertiary/aromatic N) is 6. The van der Waals surface area contributed by atoms with Crippen molar-refractivity contribution in [1.82, 2.24) is 46.3 Å². The van der Waals surface area contributed by atoms with E-state index in [0.717, 1.165) is 44.9 Å². The topological polar surface area (TPSA) is 428 Å². The van der Waals surface area contributed by atoms with Crippen LogP contribution in [0.4, 0.5) is 14.4 Å². The van der Waals surface area contributed by atoms with Crippen LogP contribution in [0.25, 0.3) is 0 Å². The predicted molar refractivity (Wildman–Crippen MR) is 240 cm³/mol. The number of piperidine rings is 3. The molecular weight excluding hydrogens is 1040 g/mol. The van der Waals surface area contributed by atoms with Crippen molar-refractivity contribution < 1.29 is 95.0 Å². The molecule has 10 N–H and O–H groups in total. The summed E-state index contributed by atoms with van der Waals surface area (Å²) in [7, 11) is -14.4. The number of fused-ring (bicyclic) bond motifs is 6. The lowest BCUT2D eigenvalue weighted by Gasteiger charge is -2.31. The van der Waals surface area contributed by atoms with Crippen LogP contribution in [-0.2, 0) is 72.9 Å². The van der Waals surface area contributed by atoms with E-state index in [1.54, 1.807) is 0 Å². The number of nitrogens with one attached hydrogen (secondary N) is 3. The first-order valence-electron chi connectivity index (χ1n) is 24.0. The number of urea groups is 3. The molecule has 0 aromatic carbocycles. The fraction of sp³-hybridized carbons (Fsp3) is 0.842. The number of hydroxylamine groups is 9. The normalized spacial score (nSPS) is 32.9. The van der Waals surface area contributed by atoms with Crippen LogP contribution in [0.2, 0.25) is 0 Å². The van der Waals surface area contributed by atoms with Gasteiger partial charge in [-0.25, -0.2) is 30.8 Å². The van der Waals surface area contributed by atoms with Crippen molar-refractivity contribution in [2.45, 2.75) is 176 Å². The zero-order valence-corrected chi connectivity index (χ0v) is 42.1. The Morgan fingerprint density at radius 2 is 0.890 bits per heavy atom. The number of nitrogens with two attached hydrogens (primary N) is 2. The summed E-state index contributed by atoms with van der Waals surface area (Å²) in [5.41, 5.74) is 18.6. The summed E-state index contributed by atoms with van der Waals surface area (Å²) in [4.78, 5) is 93.2. The first kappa shape index (κ1) is 56.4. The average molecular weight is 1110 g/mol. The summed E-state index contributed by atoms with van der Waals surface area (Å²) in [6.45, 7) is 2.58. The van der Waals surface area contributed by atoms with Gasteiger partial charge in [-0.1, -0.05) is 26.2 Å². The number of hydrogen-bond acceptors (Lipinski definition) is 20. The van der Waals surface area contributed by atoms with E-state index >= 15 is 0 Å². The minimum Gasteiger partial charge on any atom is -0.328 e. The number of hydrogen-bond donors (Lipinski definition) is 8. The van der Waals surface area contributed by atoms with Gasteiger partial charge in [0.25, 0.3) is 17.7 Å². The summed E-state index contributed by atoms with van der Waals surface area (Å²) in [6, 6.07) is -6.26. The summed E-state index contributed by atoms with van der Waals surface area (Å²) in [6.07, 6.45) is 10.9. The number of amides is 9. The second kappa shape index (κ2) is 23.3. The van der Waals surface area contributed by atoms with Gasteiger partial charge < -0.3 is 26.2 Å². The van der Waals surface area contributed by atoms with E-state index in [1.165, 1.54) is 21.1 Å². The van der Waals surface area contributed by atoms with Crippen molar-refractivity contribution >= 4 is 67.0 Å². The first-order chi connectivity index (χ1) is 34.3. The lowest BCUT2D eigenvalue weighted by Crippen LogP contribution is -2.50. The molecule has 0 radical (unpaired) electrons. The quantitative estimate of drug-likeness (QED) is 0.0641. The Bertz CT molecular complexity index is 2410. The molecule has 6 heterocycles. The zero-order chi connectivity index (χ0) is 53.2. The third kappa shape index (κ3) is 14.7. The van der Waals surface area contributed by atoms with E-state index in [0.29, 0.717) is 72.5 Å². The first-order valence-corrected chi connectivity index (χ1v) is 28.1. The SMILES string of the molecule is CCC1CCCC(ONC(=O)[C@@H]2CC[C@@H]3CN2C(=O)N3OS(=O)(=O)O)C1.NC1CC1ONC(=O)[C@@H]1CC[C@@H]2CN1C(=O)N2OS(=O)(=O)O.NC1CCCC(ONC(=O)[C@@H]2CC[C@@H]3CN2C(=O)N3OS(=O)(=O)O)C1. The molecule has 9 amide bonds. The minimum absolute atomic E-state index is 0.0253. The van der Waals surface area contributed by atoms with Gasteiger partial charge in [-0.05, 0) is 89.4 Å². The molecule has 414 valence electrons. The maximum absolute atomic E-state index is 12.5. The highest BCUT2D eigenvalue weighted by atomic mass is 32.3. The third-order valence-corrected chi connectivity index (χ3v) is 15.2. The molecular formula is C38H63N11O21S3. The lowest BCUT2D eigenvalue weighted by molar-refractivity contribution is -0.146. The van der Waals surface area contributed by atoms with Gasteiger partial charge in [0, 0.05) is 31.7 Å². The van der Waals surface area contributed by atoms with Crippen LogP contribution < -0.4 is 27.9 Å². The van der Waals surface area contributed by atoms with Crippen LogP contribution in [0.3, 0.4) is 0 Å². The maximum Gasteiger partial charge on any atom is 0.418 e. The van der Waals surface area contributed by atoms with Gasteiger partial charge in [0.2, 0.25) is 0 Å². The number of rotatable bonds is 16. The van der Waals surface area contributed by atoms with Gasteiger partial charge in [0.1, 0.15) is 24.2 Å². The molecule has 6 saturated heterocycles. The molecule has 0 aromatic rings. The molecule has 0 aromatic heterocycles. The maximum atomic E-state index is 12.5. The second-order valence-corrected chi connectivity index (χ2v) is 22.3. The van der Waals surface area contributed by atoms with Gasteiger partial charge in [0.05, 0.1) is 30.3 Å². The Labute approximate surface area is 420 Å². The molecule has 9 aliphatic rings. The molecule has 9 rings (SSSR count). The smallest absolute Gasteiger partial charge is 0.328 e. The van der Waals surface area contributed by atoms with Crippen molar-refractivity contribution in [3.63, 3.8) is 0 Å². The molecule has 32 nitrogen and oxygen atoms in total. The van der Waals surface area contributed by atoms with E-state index < -0.39 is 103 Å². The third-order valence-electron chi connectivity index (χ3n) is 14.1. The molecule has 6 aliphatic heterocycles. The predicted octanol–water partition coefficient (Wildman–Crippen LogP) is -1.55. The molecule has 3 aliphatic carbocycles. The van der Waals surface area contributed by atoms with Gasteiger partial charge in [-0.15, -0.1) is 12.9 Å². The fourth-order valence-corrected chi connectivity index (χ4v) is 11.4. The van der Waals surface area contributed by atoms with Gasteiger partial charge in [0.15, 0.2) is 0 Å². The van der Waals surface area contributed by atoms with Crippen molar-refractivity contribution in [1.29, 1.82) is 0 Å². The molecule has 6 bridgehead atoms. The van der Waals surface area contributed by atoms with Gasteiger partial charge >= 0.3 is 49.3 Å². The summed E-state index contributed by atoms with van der Waals surface area (Å²) in [5.74, 6) is -0.796. The van der Waals surface area contributed by atoms with E-state index in [1.807, 2.05) is 0 Å². The van der Waals surface area contributed by atoms with Crippen LogP contribution >= 0.6 is 0 Å². The molecule has 6 unspecified atom stereocenters. The van der Waals surface area contributed by atoms with E-state index in [9.17, 15) is 54.0 Å².